The second-order valence-corrected chi connectivity index (χ2v) is 6.54. The van der Waals surface area contributed by atoms with E-state index in [9.17, 15) is 4.79 Å². The number of rotatable bonds is 3. The monoisotopic (exact) mass is 306 g/mol. The first-order chi connectivity index (χ1) is 11.0. The molecule has 3 heterocycles. The number of carbonyl (C=O) groups excluding carboxylic acids is 1. The van der Waals surface area contributed by atoms with Gasteiger partial charge in [0.15, 0.2) is 0 Å². The van der Waals surface area contributed by atoms with Crippen molar-refractivity contribution in [2.45, 2.75) is 26.7 Å². The summed E-state index contributed by atoms with van der Waals surface area (Å²) in [5, 5.41) is 3.93. The number of aromatic nitrogens is 3. The fraction of sp³-hybridized carbons (Fsp3) is 0.278. The van der Waals surface area contributed by atoms with Gasteiger partial charge in [-0.25, -0.2) is 4.98 Å². The molecule has 0 atom stereocenters. The Kier molecular flexibility index (Phi) is 2.98. The highest BCUT2D eigenvalue weighted by molar-refractivity contribution is 5.97. The minimum atomic E-state index is -0.202. The van der Waals surface area contributed by atoms with E-state index in [1.807, 2.05) is 32.0 Å². The number of anilines is 1. The van der Waals surface area contributed by atoms with Gasteiger partial charge in [0.2, 0.25) is 5.91 Å². The molecule has 0 spiro atoms. The molecule has 1 aliphatic carbocycles. The molecule has 0 unspecified atom stereocenters. The molecule has 0 aliphatic heterocycles. The summed E-state index contributed by atoms with van der Waals surface area (Å²) in [6.45, 7) is 3.96. The van der Waals surface area contributed by atoms with E-state index in [1.54, 1.807) is 12.4 Å². The van der Waals surface area contributed by atoms with Crippen molar-refractivity contribution in [3.05, 3.63) is 42.4 Å². The van der Waals surface area contributed by atoms with E-state index < -0.39 is 0 Å². The first kappa shape index (κ1) is 13.9. The van der Waals surface area contributed by atoms with E-state index in [1.165, 1.54) is 0 Å². The molecule has 1 amide bonds. The fourth-order valence-electron chi connectivity index (χ4n) is 2.64. The standard InChI is InChI=1S/C18H18N4O/c1-11-7-12(3-6-19-11)14-8-13-10-20-16(9-15(13)21-14)22-17(23)18(2)4-5-18/h3,6-10,21H,4-5H2,1-2H3,(H,20,22,23). The molecule has 4 rings (SSSR count). The number of hydrogen-bond acceptors (Lipinski definition) is 3. The second kappa shape index (κ2) is 4.91. The van der Waals surface area contributed by atoms with Gasteiger partial charge in [0.1, 0.15) is 5.82 Å². The van der Waals surface area contributed by atoms with Crippen LogP contribution in [0.5, 0.6) is 0 Å². The van der Waals surface area contributed by atoms with E-state index in [0.717, 1.165) is 40.7 Å². The molecule has 1 saturated carbocycles. The van der Waals surface area contributed by atoms with Crippen LogP contribution in [-0.4, -0.2) is 20.9 Å². The predicted molar refractivity (Wildman–Crippen MR) is 90.0 cm³/mol. The highest BCUT2D eigenvalue weighted by Gasteiger charge is 2.44. The van der Waals surface area contributed by atoms with Crippen molar-refractivity contribution >= 4 is 22.6 Å². The number of nitrogens with zero attached hydrogens (tertiary/aromatic N) is 2. The van der Waals surface area contributed by atoms with Crippen molar-refractivity contribution < 1.29 is 4.79 Å². The van der Waals surface area contributed by atoms with E-state index in [4.69, 9.17) is 0 Å². The Hall–Kier alpha value is -2.69. The molecule has 5 heteroatoms. The topological polar surface area (TPSA) is 70.7 Å². The molecule has 3 aromatic rings. The maximum Gasteiger partial charge on any atom is 0.231 e. The molecular weight excluding hydrogens is 288 g/mol. The van der Waals surface area contributed by atoms with Gasteiger partial charge < -0.3 is 10.3 Å². The normalized spacial score (nSPS) is 15.6. The number of aryl methyl sites for hydroxylation is 1. The third-order valence-electron chi connectivity index (χ3n) is 4.50. The van der Waals surface area contributed by atoms with Crippen LogP contribution in [0.1, 0.15) is 25.5 Å². The minimum absolute atomic E-state index is 0.0564. The number of carbonyl (C=O) groups is 1. The number of aromatic amines is 1. The Morgan fingerprint density at radius 2 is 2.09 bits per heavy atom. The van der Waals surface area contributed by atoms with Crippen LogP contribution in [0.2, 0.25) is 0 Å². The minimum Gasteiger partial charge on any atom is -0.354 e. The smallest absolute Gasteiger partial charge is 0.231 e. The third kappa shape index (κ3) is 2.59. The summed E-state index contributed by atoms with van der Waals surface area (Å²) in [6.07, 6.45) is 5.49. The summed E-state index contributed by atoms with van der Waals surface area (Å²) in [7, 11) is 0. The van der Waals surface area contributed by atoms with Crippen molar-refractivity contribution in [1.29, 1.82) is 0 Å². The van der Waals surface area contributed by atoms with Crippen LogP contribution in [0.3, 0.4) is 0 Å². The van der Waals surface area contributed by atoms with Gasteiger partial charge in [-0.15, -0.1) is 0 Å². The number of pyridine rings is 2. The van der Waals surface area contributed by atoms with Crippen molar-refractivity contribution in [2.75, 3.05) is 5.32 Å². The zero-order chi connectivity index (χ0) is 16.0. The van der Waals surface area contributed by atoms with Crippen molar-refractivity contribution in [2.24, 2.45) is 5.41 Å². The lowest BCUT2D eigenvalue weighted by Gasteiger charge is -2.08. The molecule has 0 radical (unpaired) electrons. The Morgan fingerprint density at radius 1 is 1.26 bits per heavy atom. The molecule has 1 fully saturated rings. The van der Waals surface area contributed by atoms with Gasteiger partial charge in [0, 0.05) is 46.2 Å². The van der Waals surface area contributed by atoms with Crippen LogP contribution in [0.25, 0.3) is 22.2 Å². The third-order valence-corrected chi connectivity index (χ3v) is 4.50. The van der Waals surface area contributed by atoms with Crippen LogP contribution < -0.4 is 5.32 Å². The van der Waals surface area contributed by atoms with E-state index in [2.05, 4.69) is 26.3 Å². The SMILES string of the molecule is Cc1cc(-c2cc3cnc(NC(=O)C4(C)CC4)cc3[nH]2)ccn1. The summed E-state index contributed by atoms with van der Waals surface area (Å²) < 4.78 is 0. The molecular formula is C18H18N4O. The molecule has 0 bridgehead atoms. The molecule has 116 valence electrons. The average molecular weight is 306 g/mol. The maximum absolute atomic E-state index is 12.1. The van der Waals surface area contributed by atoms with Crippen LogP contribution >= 0.6 is 0 Å². The van der Waals surface area contributed by atoms with Crippen LogP contribution in [0.15, 0.2) is 36.7 Å². The van der Waals surface area contributed by atoms with Gasteiger partial charge in [0.25, 0.3) is 0 Å². The molecule has 5 nitrogen and oxygen atoms in total. The molecule has 1 aliphatic rings. The Bertz CT molecular complexity index is 908. The van der Waals surface area contributed by atoms with Crippen LogP contribution in [0, 0.1) is 12.3 Å². The van der Waals surface area contributed by atoms with Gasteiger partial charge in [-0.3, -0.25) is 9.78 Å². The zero-order valence-corrected chi connectivity index (χ0v) is 13.2. The Labute approximate surface area is 134 Å². The number of nitrogens with one attached hydrogen (secondary N) is 2. The zero-order valence-electron chi connectivity index (χ0n) is 13.2. The van der Waals surface area contributed by atoms with E-state index >= 15 is 0 Å². The van der Waals surface area contributed by atoms with Gasteiger partial charge in [0.05, 0.1) is 5.52 Å². The highest BCUT2D eigenvalue weighted by atomic mass is 16.2. The molecule has 2 N–H and O–H groups in total. The van der Waals surface area contributed by atoms with E-state index in [-0.39, 0.29) is 11.3 Å². The number of fused-ring (bicyclic) bond motifs is 1. The number of hydrogen-bond donors (Lipinski definition) is 2. The summed E-state index contributed by atoms with van der Waals surface area (Å²) in [6, 6.07) is 7.96. The van der Waals surface area contributed by atoms with Gasteiger partial charge >= 0.3 is 0 Å². The lowest BCUT2D eigenvalue weighted by atomic mass is 10.1. The number of amides is 1. The molecule has 0 saturated heterocycles. The summed E-state index contributed by atoms with van der Waals surface area (Å²) >= 11 is 0. The first-order valence-electron chi connectivity index (χ1n) is 7.77. The predicted octanol–water partition coefficient (Wildman–Crippen LogP) is 3.67. The summed E-state index contributed by atoms with van der Waals surface area (Å²) in [4.78, 5) is 24.1. The highest BCUT2D eigenvalue weighted by Crippen LogP contribution is 2.45. The maximum atomic E-state index is 12.1. The van der Waals surface area contributed by atoms with Crippen molar-refractivity contribution in [3.8, 4) is 11.3 Å². The van der Waals surface area contributed by atoms with Gasteiger partial charge in [-0.1, -0.05) is 6.92 Å². The van der Waals surface area contributed by atoms with Crippen LogP contribution in [0.4, 0.5) is 5.82 Å². The molecule has 3 aromatic heterocycles. The van der Waals surface area contributed by atoms with Crippen molar-refractivity contribution in [1.82, 2.24) is 15.0 Å². The summed E-state index contributed by atoms with van der Waals surface area (Å²) in [5.41, 5.74) is 3.84. The molecule has 23 heavy (non-hydrogen) atoms. The number of H-pyrrole nitrogens is 1. The van der Waals surface area contributed by atoms with Crippen LogP contribution in [-0.2, 0) is 4.79 Å². The largest absolute Gasteiger partial charge is 0.354 e. The van der Waals surface area contributed by atoms with E-state index in [0.29, 0.717) is 5.82 Å². The first-order valence-corrected chi connectivity index (χ1v) is 7.77. The van der Waals surface area contributed by atoms with Crippen molar-refractivity contribution in [3.63, 3.8) is 0 Å². The fourth-order valence-corrected chi connectivity index (χ4v) is 2.64. The van der Waals surface area contributed by atoms with Gasteiger partial charge in [-0.2, -0.15) is 0 Å². The second-order valence-electron chi connectivity index (χ2n) is 6.54. The Morgan fingerprint density at radius 3 is 2.83 bits per heavy atom. The average Bonchev–Trinajstić information content (AvgIpc) is 3.14. The molecule has 0 aromatic carbocycles. The summed E-state index contributed by atoms with van der Waals surface area (Å²) in [5.74, 6) is 0.649. The lowest BCUT2D eigenvalue weighted by Crippen LogP contribution is -2.21. The van der Waals surface area contributed by atoms with Gasteiger partial charge in [-0.05, 0) is 38.0 Å². The Balaban J connectivity index is 1.65. The lowest BCUT2D eigenvalue weighted by molar-refractivity contribution is -0.120. The quantitative estimate of drug-likeness (QED) is 0.775.